The summed E-state index contributed by atoms with van der Waals surface area (Å²) in [6.07, 6.45) is 0. The van der Waals surface area contributed by atoms with E-state index in [2.05, 4.69) is 23.3 Å². The molecule has 1 aromatic heterocycles. The first kappa shape index (κ1) is 17.3. The summed E-state index contributed by atoms with van der Waals surface area (Å²) in [4.78, 5) is 2.20. The second-order valence-electron chi connectivity index (χ2n) is 4.80. The number of furan rings is 1. The molecule has 4 nitrogen and oxygen atoms in total. The van der Waals surface area contributed by atoms with Gasteiger partial charge in [0, 0.05) is 18.7 Å². The van der Waals surface area contributed by atoms with E-state index in [-0.39, 0.29) is 12.4 Å². The quantitative estimate of drug-likeness (QED) is 0.891. The largest absolute Gasteiger partial charge is 0.460 e. The number of hydrogen-bond acceptors (Lipinski definition) is 4. The average molecular weight is 306 g/mol. The summed E-state index contributed by atoms with van der Waals surface area (Å²) in [7, 11) is 4.01. The Bertz CT molecular complexity index is 604. The van der Waals surface area contributed by atoms with E-state index in [1.54, 1.807) is 6.07 Å². The van der Waals surface area contributed by atoms with Crippen LogP contribution in [0.1, 0.15) is 11.3 Å². The van der Waals surface area contributed by atoms with Gasteiger partial charge >= 0.3 is 0 Å². The van der Waals surface area contributed by atoms with Crippen LogP contribution in [0.25, 0.3) is 11.3 Å². The number of nitriles is 1. The number of rotatable bonds is 6. The molecule has 1 heterocycles. The van der Waals surface area contributed by atoms with Crippen LogP contribution in [0.5, 0.6) is 0 Å². The molecule has 0 atom stereocenters. The molecule has 0 fully saturated rings. The van der Waals surface area contributed by atoms with Gasteiger partial charge in [-0.2, -0.15) is 5.26 Å². The standard InChI is InChI=1S/C16H19N3O.ClH/c1-18-8-9-19(2)12-15-6-7-16(20-15)14-5-3-4-13(10-14)11-17;/h3-7,10,18H,8-9,12H2,1-2H3;1H. The van der Waals surface area contributed by atoms with E-state index < -0.39 is 0 Å². The molecule has 0 saturated heterocycles. The van der Waals surface area contributed by atoms with E-state index in [9.17, 15) is 0 Å². The summed E-state index contributed by atoms with van der Waals surface area (Å²) < 4.78 is 5.85. The molecule has 0 amide bonds. The number of nitrogens with one attached hydrogen (secondary N) is 1. The number of hydrogen-bond donors (Lipinski definition) is 1. The maximum atomic E-state index is 8.92. The van der Waals surface area contributed by atoms with Crippen LogP contribution in [0.4, 0.5) is 0 Å². The first-order chi connectivity index (χ1) is 9.72. The highest BCUT2D eigenvalue weighted by Crippen LogP contribution is 2.23. The Hall–Kier alpha value is -1.80. The molecule has 0 spiro atoms. The predicted octanol–water partition coefficient (Wildman–Crippen LogP) is 2.89. The molecule has 0 aliphatic rings. The first-order valence-corrected chi connectivity index (χ1v) is 6.65. The minimum absolute atomic E-state index is 0. The lowest BCUT2D eigenvalue weighted by atomic mass is 10.1. The summed E-state index contributed by atoms with van der Waals surface area (Å²) in [5.74, 6) is 1.74. The molecule has 21 heavy (non-hydrogen) atoms. The smallest absolute Gasteiger partial charge is 0.134 e. The van der Waals surface area contributed by atoms with Gasteiger partial charge in [-0.1, -0.05) is 12.1 Å². The summed E-state index contributed by atoms with van der Waals surface area (Å²) in [5, 5.41) is 12.0. The minimum atomic E-state index is 0. The average Bonchev–Trinajstić information content (AvgIpc) is 2.93. The molecule has 0 radical (unpaired) electrons. The highest BCUT2D eigenvalue weighted by atomic mass is 35.5. The molecule has 0 aliphatic heterocycles. The zero-order chi connectivity index (χ0) is 14.4. The van der Waals surface area contributed by atoms with Crippen molar-refractivity contribution < 1.29 is 4.42 Å². The molecule has 1 N–H and O–H groups in total. The van der Waals surface area contributed by atoms with Gasteiger partial charge in [-0.3, -0.25) is 4.90 Å². The predicted molar refractivity (Wildman–Crippen MR) is 86.4 cm³/mol. The fourth-order valence-electron chi connectivity index (χ4n) is 2.01. The second-order valence-corrected chi connectivity index (χ2v) is 4.80. The van der Waals surface area contributed by atoms with Gasteiger partial charge in [0.05, 0.1) is 18.2 Å². The van der Waals surface area contributed by atoms with Crippen molar-refractivity contribution in [3.8, 4) is 17.4 Å². The third-order valence-electron chi connectivity index (χ3n) is 3.11. The number of nitrogens with zero attached hydrogens (tertiary/aromatic N) is 2. The lowest BCUT2D eigenvalue weighted by molar-refractivity contribution is 0.298. The summed E-state index contributed by atoms with van der Waals surface area (Å²) in [6.45, 7) is 2.70. The van der Waals surface area contributed by atoms with Crippen LogP contribution in [0.15, 0.2) is 40.8 Å². The Morgan fingerprint density at radius 2 is 2.10 bits per heavy atom. The summed E-state index contributed by atoms with van der Waals surface area (Å²) >= 11 is 0. The third-order valence-corrected chi connectivity index (χ3v) is 3.11. The van der Waals surface area contributed by atoms with E-state index in [4.69, 9.17) is 9.68 Å². The van der Waals surface area contributed by atoms with Gasteiger partial charge in [0.1, 0.15) is 11.5 Å². The second kappa shape index (κ2) is 8.48. The van der Waals surface area contributed by atoms with Gasteiger partial charge in [-0.05, 0) is 38.4 Å². The molecule has 0 aliphatic carbocycles. The van der Waals surface area contributed by atoms with Gasteiger partial charge in [0.15, 0.2) is 0 Å². The molecule has 0 saturated carbocycles. The van der Waals surface area contributed by atoms with Crippen LogP contribution < -0.4 is 5.32 Å². The molecule has 2 aromatic rings. The van der Waals surface area contributed by atoms with Crippen molar-refractivity contribution in [1.29, 1.82) is 5.26 Å². The zero-order valence-electron chi connectivity index (χ0n) is 12.3. The number of halogens is 1. The molecule has 112 valence electrons. The topological polar surface area (TPSA) is 52.2 Å². The molecular weight excluding hydrogens is 286 g/mol. The third kappa shape index (κ3) is 4.91. The van der Waals surface area contributed by atoms with Crippen molar-refractivity contribution in [2.75, 3.05) is 27.2 Å². The van der Waals surface area contributed by atoms with Crippen LogP contribution in [-0.2, 0) is 6.54 Å². The maximum Gasteiger partial charge on any atom is 0.134 e. The fraction of sp³-hybridized carbons (Fsp3) is 0.312. The highest BCUT2D eigenvalue weighted by Gasteiger charge is 2.07. The van der Waals surface area contributed by atoms with Crippen molar-refractivity contribution in [2.24, 2.45) is 0 Å². The summed E-state index contributed by atoms with van der Waals surface area (Å²) in [5.41, 5.74) is 1.58. The SMILES string of the molecule is CNCCN(C)Cc1ccc(-c2cccc(C#N)c2)o1.Cl. The first-order valence-electron chi connectivity index (χ1n) is 6.65. The van der Waals surface area contributed by atoms with Crippen molar-refractivity contribution in [2.45, 2.75) is 6.54 Å². The Kier molecular flexibility index (Phi) is 6.97. The molecule has 2 rings (SSSR count). The maximum absolute atomic E-state index is 8.92. The lowest BCUT2D eigenvalue weighted by Crippen LogP contribution is -2.26. The van der Waals surface area contributed by atoms with E-state index >= 15 is 0 Å². The van der Waals surface area contributed by atoms with Gasteiger partial charge in [0.2, 0.25) is 0 Å². The molecular formula is C16H20ClN3O. The van der Waals surface area contributed by atoms with Crippen LogP contribution in [0.3, 0.4) is 0 Å². The van der Waals surface area contributed by atoms with Crippen LogP contribution in [-0.4, -0.2) is 32.1 Å². The Morgan fingerprint density at radius 1 is 1.29 bits per heavy atom. The van der Waals surface area contributed by atoms with E-state index in [0.717, 1.165) is 36.7 Å². The van der Waals surface area contributed by atoms with E-state index in [1.165, 1.54) is 0 Å². The van der Waals surface area contributed by atoms with Gasteiger partial charge in [0.25, 0.3) is 0 Å². The van der Waals surface area contributed by atoms with Gasteiger partial charge in [-0.15, -0.1) is 12.4 Å². The number of likely N-dealkylation sites (N-methyl/N-ethyl adjacent to an activating group) is 2. The van der Waals surface area contributed by atoms with Crippen molar-refractivity contribution >= 4 is 12.4 Å². The lowest BCUT2D eigenvalue weighted by Gasteiger charge is -2.14. The molecule has 1 aromatic carbocycles. The van der Waals surface area contributed by atoms with Crippen LogP contribution in [0, 0.1) is 11.3 Å². The molecule has 0 unspecified atom stereocenters. The zero-order valence-corrected chi connectivity index (χ0v) is 13.1. The summed E-state index contributed by atoms with van der Waals surface area (Å²) in [6, 6.07) is 13.5. The molecule has 0 bridgehead atoms. The van der Waals surface area contributed by atoms with Crippen molar-refractivity contribution in [3.05, 3.63) is 47.7 Å². The van der Waals surface area contributed by atoms with E-state index in [0.29, 0.717) is 5.56 Å². The van der Waals surface area contributed by atoms with Crippen LogP contribution >= 0.6 is 12.4 Å². The Balaban J connectivity index is 0.00000220. The minimum Gasteiger partial charge on any atom is -0.460 e. The van der Waals surface area contributed by atoms with E-state index in [1.807, 2.05) is 37.4 Å². The highest BCUT2D eigenvalue weighted by molar-refractivity contribution is 5.85. The monoisotopic (exact) mass is 305 g/mol. The molecule has 5 heteroatoms. The van der Waals surface area contributed by atoms with Gasteiger partial charge in [-0.25, -0.2) is 0 Å². The Morgan fingerprint density at radius 3 is 2.81 bits per heavy atom. The normalized spacial score (nSPS) is 10.2. The number of benzene rings is 1. The van der Waals surface area contributed by atoms with Crippen LogP contribution in [0.2, 0.25) is 0 Å². The fourth-order valence-corrected chi connectivity index (χ4v) is 2.01. The Labute approximate surface area is 131 Å². The van der Waals surface area contributed by atoms with Gasteiger partial charge < -0.3 is 9.73 Å². The van der Waals surface area contributed by atoms with Crippen molar-refractivity contribution in [1.82, 2.24) is 10.2 Å². The van der Waals surface area contributed by atoms with Crippen molar-refractivity contribution in [3.63, 3.8) is 0 Å².